The number of methoxy groups -OCH3 is 1. The maximum atomic E-state index is 13.3. The molecule has 1 unspecified atom stereocenters. The first-order valence-corrected chi connectivity index (χ1v) is 12.9. The predicted octanol–water partition coefficient (Wildman–Crippen LogP) is 0.842. The Balaban J connectivity index is 2.15. The molecule has 1 aromatic rings. The Morgan fingerprint density at radius 1 is 1.28 bits per heavy atom. The second-order valence-electron chi connectivity index (χ2n) is 7.79. The Kier molecular flexibility index (Phi) is 12.3. The van der Waals surface area contributed by atoms with Crippen LogP contribution < -0.4 is 16.7 Å². The number of carbonyl (C=O) groups is 3. The van der Waals surface area contributed by atoms with Crippen LogP contribution in [0.1, 0.15) is 19.6 Å². The van der Waals surface area contributed by atoms with E-state index >= 15 is 0 Å². The molecule has 1 fully saturated rings. The molecule has 1 saturated heterocycles. The highest BCUT2D eigenvalue weighted by atomic mass is 31.2. The highest BCUT2D eigenvalue weighted by molar-refractivity contribution is 7.48. The molecule has 0 spiro atoms. The van der Waals surface area contributed by atoms with Crippen molar-refractivity contribution in [2.75, 3.05) is 39.3 Å². The van der Waals surface area contributed by atoms with Crippen LogP contribution in [0.5, 0.6) is 0 Å². The average molecular weight is 574 g/mol. The summed E-state index contributed by atoms with van der Waals surface area (Å²) in [5, 5.41) is 2.20. The number of ether oxygens (including phenoxy) is 4. The van der Waals surface area contributed by atoms with Crippen molar-refractivity contribution in [3.63, 3.8) is 0 Å². The van der Waals surface area contributed by atoms with Crippen molar-refractivity contribution in [3.05, 3.63) is 48.1 Å². The van der Waals surface area contributed by atoms with Crippen LogP contribution in [-0.4, -0.2) is 79.4 Å². The highest BCUT2D eigenvalue weighted by Crippen LogP contribution is 2.50. The molecule has 0 bridgehead atoms. The molecule has 1 amide bonds. The summed E-state index contributed by atoms with van der Waals surface area (Å²) in [7, 11) is -3.36. The van der Waals surface area contributed by atoms with Gasteiger partial charge in [-0.1, -0.05) is 18.7 Å². The number of phosphoric acid groups is 1. The van der Waals surface area contributed by atoms with Gasteiger partial charge in [0.1, 0.15) is 30.9 Å². The molecule has 2 rings (SSSR count). The molecule has 0 aliphatic carbocycles. The van der Waals surface area contributed by atoms with Gasteiger partial charge in [0.15, 0.2) is 6.04 Å². The monoisotopic (exact) mass is 574 g/mol. The number of aromatic nitrogens is 2. The number of hydrogen-bond acceptors (Lipinski definition) is 14. The van der Waals surface area contributed by atoms with Gasteiger partial charge in [-0.2, -0.15) is 4.98 Å². The predicted molar refractivity (Wildman–Crippen MR) is 133 cm³/mol. The van der Waals surface area contributed by atoms with Gasteiger partial charge >= 0.3 is 31.5 Å². The fourth-order valence-corrected chi connectivity index (χ4v) is 4.39. The molecule has 16 nitrogen and oxygen atoms in total. The summed E-state index contributed by atoms with van der Waals surface area (Å²) in [6, 6.07) is -0.0538. The van der Waals surface area contributed by atoms with E-state index in [4.69, 9.17) is 33.5 Å². The van der Waals surface area contributed by atoms with E-state index in [1.807, 2.05) is 0 Å². The van der Waals surface area contributed by atoms with Gasteiger partial charge in [0.25, 0.3) is 0 Å². The number of nitrogens with two attached hydrogens (primary N) is 1. The number of amides is 1. The summed E-state index contributed by atoms with van der Waals surface area (Å²) in [5.41, 5.74) is 4.83. The zero-order valence-electron chi connectivity index (χ0n) is 21.4. The molecule has 39 heavy (non-hydrogen) atoms. The molecule has 1 aliphatic rings. The van der Waals surface area contributed by atoms with E-state index in [-0.39, 0.29) is 25.5 Å². The third-order valence-electron chi connectivity index (χ3n) is 4.92. The third-order valence-corrected chi connectivity index (χ3v) is 6.31. The van der Waals surface area contributed by atoms with Crippen LogP contribution in [0.15, 0.2) is 42.4 Å². The number of hydrogen-bond donors (Lipinski definition) is 2. The Morgan fingerprint density at radius 3 is 2.62 bits per heavy atom. The maximum absolute atomic E-state index is 13.3. The van der Waals surface area contributed by atoms with Crippen molar-refractivity contribution in [2.24, 2.45) is 0 Å². The molecular formula is C22H31N4O12P. The van der Waals surface area contributed by atoms with Gasteiger partial charge in [0.05, 0.1) is 26.9 Å². The quantitative estimate of drug-likeness (QED) is 0.129. The van der Waals surface area contributed by atoms with Gasteiger partial charge < -0.3 is 30.0 Å². The lowest BCUT2D eigenvalue weighted by molar-refractivity contribution is -0.150. The minimum absolute atomic E-state index is 0.0110. The molecule has 0 saturated carbocycles. The number of nitrogens with one attached hydrogen (secondary N) is 1. The minimum atomic E-state index is -4.43. The molecular weight excluding hydrogens is 543 g/mol. The van der Waals surface area contributed by atoms with Gasteiger partial charge in [-0.3, -0.25) is 22.9 Å². The lowest BCUT2D eigenvalue weighted by atomic mass is 10.2. The minimum Gasteiger partial charge on any atom is -0.467 e. The molecule has 0 radical (unpaired) electrons. The van der Waals surface area contributed by atoms with E-state index in [9.17, 15) is 23.7 Å². The lowest BCUT2D eigenvalue weighted by Crippen LogP contribution is -2.44. The van der Waals surface area contributed by atoms with Crippen LogP contribution in [0.2, 0.25) is 0 Å². The molecule has 0 aromatic carbocycles. The Morgan fingerprint density at radius 2 is 2.00 bits per heavy atom. The first-order chi connectivity index (χ1) is 18.5. The zero-order chi connectivity index (χ0) is 29.0. The van der Waals surface area contributed by atoms with Crippen molar-refractivity contribution in [3.8, 4) is 0 Å². The standard InChI is InChI=1S/C22H31N4O12P/c1-5-9-33-22(30)24-15(20(28)32-4)12-35-39(31,34-10-6-2)36-13-17-16(37-14(3)27)11-19(38-17)26-8-7-18(23)25-21(26)29/h5-8,15-17,19H,1-2,9-13H2,3-4H3,(H,24,30)(H2,23,25,29)/t15-,16-,17+,19+,39?/m0/s1. The molecule has 216 valence electrons. The molecule has 17 heteroatoms. The van der Waals surface area contributed by atoms with Crippen LogP contribution in [0.3, 0.4) is 0 Å². The van der Waals surface area contributed by atoms with Gasteiger partial charge in [-0.15, -0.1) is 6.58 Å². The van der Waals surface area contributed by atoms with Crippen LogP contribution in [0, 0.1) is 0 Å². The molecule has 2 heterocycles. The first kappa shape index (κ1) is 31.7. The fourth-order valence-electron chi connectivity index (χ4n) is 3.22. The van der Waals surface area contributed by atoms with Crippen LogP contribution in [-0.2, 0) is 46.7 Å². The number of anilines is 1. The van der Waals surface area contributed by atoms with E-state index < -0.39 is 69.2 Å². The summed E-state index contributed by atoms with van der Waals surface area (Å²) < 4.78 is 50.8. The van der Waals surface area contributed by atoms with E-state index in [2.05, 4.69) is 28.2 Å². The number of rotatable bonds is 15. The molecule has 5 atom stereocenters. The lowest BCUT2D eigenvalue weighted by Gasteiger charge is -2.23. The van der Waals surface area contributed by atoms with E-state index in [1.54, 1.807) is 0 Å². The first-order valence-electron chi connectivity index (χ1n) is 11.5. The summed E-state index contributed by atoms with van der Waals surface area (Å²) in [6.45, 7) is 6.46. The number of carbonyl (C=O) groups excluding carboxylic acids is 3. The van der Waals surface area contributed by atoms with Crippen LogP contribution in [0.25, 0.3) is 0 Å². The fraction of sp³-hybridized carbons (Fsp3) is 0.500. The largest absolute Gasteiger partial charge is 0.475 e. The van der Waals surface area contributed by atoms with Crippen LogP contribution >= 0.6 is 7.82 Å². The van der Waals surface area contributed by atoms with E-state index in [0.29, 0.717) is 0 Å². The summed E-state index contributed by atoms with van der Waals surface area (Å²) in [6.07, 6.45) is 0.166. The highest BCUT2D eigenvalue weighted by Gasteiger charge is 2.41. The Labute approximate surface area is 223 Å². The van der Waals surface area contributed by atoms with Gasteiger partial charge in [-0.25, -0.2) is 18.9 Å². The van der Waals surface area contributed by atoms with Crippen LogP contribution in [0.4, 0.5) is 10.6 Å². The topological polar surface area (TPSA) is 206 Å². The normalized spacial score (nSPS) is 20.7. The van der Waals surface area contributed by atoms with Crippen molar-refractivity contribution in [2.45, 2.75) is 37.8 Å². The maximum Gasteiger partial charge on any atom is 0.475 e. The molecule has 1 aliphatic heterocycles. The van der Waals surface area contributed by atoms with E-state index in [1.165, 1.54) is 31.3 Å². The number of esters is 2. The smallest absolute Gasteiger partial charge is 0.467 e. The second kappa shape index (κ2) is 15.1. The van der Waals surface area contributed by atoms with Gasteiger partial charge in [0, 0.05) is 19.5 Å². The number of nitrogens with zero attached hydrogens (tertiary/aromatic N) is 2. The summed E-state index contributed by atoms with van der Waals surface area (Å²) in [4.78, 5) is 51.5. The van der Waals surface area contributed by atoms with Crippen molar-refractivity contribution >= 4 is 31.7 Å². The molecule has 1 aromatic heterocycles. The summed E-state index contributed by atoms with van der Waals surface area (Å²) in [5.74, 6) is -1.55. The number of nitrogen functional groups attached to an aromatic ring is 1. The number of phosphoric ester groups is 1. The SMILES string of the molecule is C=CCOC(=O)N[C@@H](COP(=O)(OCC=C)OC[C@H]1O[C@@H](n2ccc(N)nc2=O)C[C@@H]1OC(C)=O)C(=O)OC. The number of alkyl carbamates (subject to hydrolysis) is 1. The molecule has 3 N–H and O–H groups in total. The zero-order valence-corrected chi connectivity index (χ0v) is 22.3. The van der Waals surface area contributed by atoms with Crippen molar-refractivity contribution in [1.29, 1.82) is 0 Å². The van der Waals surface area contributed by atoms with E-state index in [0.717, 1.165) is 11.7 Å². The van der Waals surface area contributed by atoms with Gasteiger partial charge in [-0.05, 0) is 6.07 Å². The second-order valence-corrected chi connectivity index (χ2v) is 9.45. The van der Waals surface area contributed by atoms with Gasteiger partial charge in [0.2, 0.25) is 0 Å². The Hall–Kier alpha value is -3.56. The van der Waals surface area contributed by atoms with Crippen molar-refractivity contribution in [1.82, 2.24) is 14.9 Å². The third kappa shape index (κ3) is 9.92. The average Bonchev–Trinajstić information content (AvgIpc) is 3.28. The Bertz CT molecular complexity index is 1140. The van der Waals surface area contributed by atoms with Crippen molar-refractivity contribution < 1.29 is 51.5 Å². The summed E-state index contributed by atoms with van der Waals surface area (Å²) >= 11 is 0.